The van der Waals surface area contributed by atoms with Crippen molar-refractivity contribution in [3.05, 3.63) is 34.4 Å². The molecule has 1 aromatic rings. The Morgan fingerprint density at radius 1 is 1.00 bits per heavy atom. The van der Waals surface area contributed by atoms with Crippen LogP contribution in [0.5, 0.6) is 5.75 Å². The maximum Gasteiger partial charge on any atom is 0.311 e. The van der Waals surface area contributed by atoms with Gasteiger partial charge < -0.3 is 29.0 Å². The van der Waals surface area contributed by atoms with Gasteiger partial charge in [0.05, 0.1) is 4.92 Å². The van der Waals surface area contributed by atoms with Crippen LogP contribution < -0.4 is 10.1 Å². The van der Waals surface area contributed by atoms with Gasteiger partial charge in [0.25, 0.3) is 0 Å². The predicted molar refractivity (Wildman–Crippen MR) is 108 cm³/mol. The van der Waals surface area contributed by atoms with Crippen LogP contribution in [-0.2, 0) is 38.1 Å². The molecule has 0 aromatic heterocycles. The van der Waals surface area contributed by atoms with Gasteiger partial charge in [0, 0.05) is 33.8 Å². The second-order valence-electron chi connectivity index (χ2n) is 7.06. The van der Waals surface area contributed by atoms with Gasteiger partial charge in [0.15, 0.2) is 18.0 Å². The van der Waals surface area contributed by atoms with Crippen molar-refractivity contribution in [3.8, 4) is 5.75 Å². The van der Waals surface area contributed by atoms with E-state index in [4.69, 9.17) is 23.7 Å². The highest BCUT2D eigenvalue weighted by atomic mass is 16.7. The summed E-state index contributed by atoms with van der Waals surface area (Å²) in [6.07, 6.45) is -5.28. The molecule has 0 saturated carbocycles. The summed E-state index contributed by atoms with van der Waals surface area (Å²) in [7, 11) is 0. The largest absolute Gasteiger partial charge is 0.463 e. The van der Waals surface area contributed by atoms with Crippen molar-refractivity contribution in [1.82, 2.24) is 5.32 Å². The molecule has 0 radical (unpaired) electrons. The minimum atomic E-state index is -1.45. The van der Waals surface area contributed by atoms with Crippen LogP contribution in [0, 0.1) is 10.1 Å². The monoisotopic (exact) mass is 468 g/mol. The number of hydrogen-bond donors (Lipinski definition) is 1. The van der Waals surface area contributed by atoms with Crippen LogP contribution in [0.15, 0.2) is 24.3 Å². The fourth-order valence-electron chi connectivity index (χ4n) is 3.22. The lowest BCUT2D eigenvalue weighted by Gasteiger charge is -2.44. The summed E-state index contributed by atoms with van der Waals surface area (Å²) in [6.45, 7) is 4.11. The first-order valence-corrected chi connectivity index (χ1v) is 9.80. The molecule has 1 amide bonds. The molecule has 13 nitrogen and oxygen atoms in total. The highest BCUT2D eigenvalue weighted by Gasteiger charge is 2.52. The lowest BCUT2D eigenvalue weighted by molar-refractivity contribution is -0.386. The number of esters is 3. The summed E-state index contributed by atoms with van der Waals surface area (Å²) < 4.78 is 27.1. The standard InChI is InChI=1S/C20H24N2O11/c1-10(23)21-17-19(31-13(4)26)18(30-12(3)25)16(9-29-11(2)24)33-20(17)32-15-8-6-5-7-14(15)22(27)28/h5-8,16-20H,9H2,1-4H3,(H,21,23)/t16-,17-,18-,19-,20+/m1/s1. The Kier molecular flexibility index (Phi) is 8.68. The molecule has 1 aliphatic rings. The number of nitrogens with zero attached hydrogens (tertiary/aromatic N) is 1. The van der Waals surface area contributed by atoms with Crippen molar-refractivity contribution in [1.29, 1.82) is 0 Å². The zero-order valence-electron chi connectivity index (χ0n) is 18.3. The molecule has 0 unspecified atom stereocenters. The number of hydrogen-bond acceptors (Lipinski definition) is 11. The molecule has 1 aromatic carbocycles. The van der Waals surface area contributed by atoms with Gasteiger partial charge in [0.1, 0.15) is 18.8 Å². The molecule has 180 valence electrons. The SMILES string of the molecule is CC(=O)N[C@H]1[C@@H](Oc2ccccc2[N+](=O)[O-])O[C@H](COC(C)=O)[C@@H](OC(C)=O)[C@@H]1OC(C)=O. The van der Waals surface area contributed by atoms with Gasteiger partial charge in [-0.3, -0.25) is 29.3 Å². The van der Waals surface area contributed by atoms with Gasteiger partial charge in [-0.2, -0.15) is 0 Å². The molecule has 1 fully saturated rings. The van der Waals surface area contributed by atoms with E-state index in [0.717, 1.165) is 20.8 Å². The number of para-hydroxylation sites is 2. The van der Waals surface area contributed by atoms with Gasteiger partial charge in [-0.25, -0.2) is 0 Å². The predicted octanol–water partition coefficient (Wildman–Crippen LogP) is 0.630. The minimum Gasteiger partial charge on any atom is -0.463 e. The molecule has 0 bridgehead atoms. The summed E-state index contributed by atoms with van der Waals surface area (Å²) in [5.74, 6) is -2.96. The third-order valence-electron chi connectivity index (χ3n) is 4.38. The Labute approximate surface area is 188 Å². The van der Waals surface area contributed by atoms with E-state index in [1.807, 2.05) is 0 Å². The number of carbonyl (C=O) groups is 4. The molecule has 1 heterocycles. The van der Waals surface area contributed by atoms with Crippen molar-refractivity contribution in [3.63, 3.8) is 0 Å². The number of carbonyl (C=O) groups excluding carboxylic acids is 4. The Balaban J connectivity index is 2.51. The van der Waals surface area contributed by atoms with Crippen molar-refractivity contribution in [2.75, 3.05) is 6.61 Å². The van der Waals surface area contributed by atoms with Crippen LogP contribution >= 0.6 is 0 Å². The van der Waals surface area contributed by atoms with Crippen molar-refractivity contribution < 1.29 is 47.8 Å². The van der Waals surface area contributed by atoms with E-state index in [1.165, 1.54) is 31.2 Å². The van der Waals surface area contributed by atoms with Crippen molar-refractivity contribution in [2.45, 2.75) is 58.3 Å². The summed E-state index contributed by atoms with van der Waals surface area (Å²) >= 11 is 0. The molecule has 0 aliphatic carbocycles. The first-order valence-electron chi connectivity index (χ1n) is 9.80. The lowest BCUT2D eigenvalue weighted by Crippen LogP contribution is -2.67. The number of ether oxygens (including phenoxy) is 5. The normalized spacial score (nSPS) is 24.2. The van der Waals surface area contributed by atoms with E-state index in [0.29, 0.717) is 0 Å². The zero-order chi connectivity index (χ0) is 24.7. The fraction of sp³-hybridized carbons (Fsp3) is 0.500. The van der Waals surface area contributed by atoms with E-state index in [2.05, 4.69) is 5.32 Å². The van der Waals surface area contributed by atoms with E-state index < -0.39 is 66.0 Å². The second-order valence-corrected chi connectivity index (χ2v) is 7.06. The Morgan fingerprint density at radius 2 is 1.61 bits per heavy atom. The highest BCUT2D eigenvalue weighted by molar-refractivity contribution is 5.73. The van der Waals surface area contributed by atoms with Gasteiger partial charge >= 0.3 is 23.6 Å². The van der Waals surface area contributed by atoms with Crippen molar-refractivity contribution in [2.24, 2.45) is 0 Å². The molecular weight excluding hydrogens is 444 g/mol. The molecule has 1 aliphatic heterocycles. The Hall–Kier alpha value is -3.74. The average Bonchev–Trinajstić information content (AvgIpc) is 2.70. The number of rotatable bonds is 8. The molecule has 13 heteroatoms. The quantitative estimate of drug-likeness (QED) is 0.246. The van der Waals surface area contributed by atoms with Gasteiger partial charge in [-0.15, -0.1) is 0 Å². The van der Waals surface area contributed by atoms with Crippen LogP contribution in [0.25, 0.3) is 0 Å². The molecule has 0 spiro atoms. The molecule has 1 saturated heterocycles. The van der Waals surface area contributed by atoms with E-state index in [9.17, 15) is 29.3 Å². The number of nitro groups is 1. The Morgan fingerprint density at radius 3 is 2.15 bits per heavy atom. The number of amides is 1. The summed E-state index contributed by atoms with van der Waals surface area (Å²) in [5.41, 5.74) is -0.384. The maximum absolute atomic E-state index is 11.9. The highest BCUT2D eigenvalue weighted by Crippen LogP contribution is 2.32. The number of nitrogens with one attached hydrogen (secondary N) is 1. The molecular formula is C20H24N2O11. The van der Waals surface area contributed by atoms with Crippen LogP contribution in [0.3, 0.4) is 0 Å². The average molecular weight is 468 g/mol. The number of benzene rings is 1. The third kappa shape index (κ3) is 7.14. The topological polar surface area (TPSA) is 170 Å². The van der Waals surface area contributed by atoms with E-state index >= 15 is 0 Å². The van der Waals surface area contributed by atoms with E-state index in [-0.39, 0.29) is 11.4 Å². The number of nitro benzene ring substituents is 1. The maximum atomic E-state index is 11.9. The summed E-state index contributed by atoms with van der Waals surface area (Å²) in [6, 6.07) is 4.18. The van der Waals surface area contributed by atoms with Crippen LogP contribution in [-0.4, -0.2) is 66.0 Å². The van der Waals surface area contributed by atoms with Crippen molar-refractivity contribution >= 4 is 29.5 Å². The molecule has 5 atom stereocenters. The Bertz CT molecular complexity index is 919. The van der Waals surface area contributed by atoms with Gasteiger partial charge in [-0.05, 0) is 6.07 Å². The van der Waals surface area contributed by atoms with Crippen LogP contribution in [0.2, 0.25) is 0 Å². The minimum absolute atomic E-state index is 0.193. The first-order chi connectivity index (χ1) is 15.5. The van der Waals surface area contributed by atoms with Gasteiger partial charge in [-0.1, -0.05) is 12.1 Å². The van der Waals surface area contributed by atoms with Crippen LogP contribution in [0.4, 0.5) is 5.69 Å². The lowest BCUT2D eigenvalue weighted by atomic mass is 9.96. The molecule has 33 heavy (non-hydrogen) atoms. The summed E-state index contributed by atoms with van der Waals surface area (Å²) in [4.78, 5) is 57.5. The third-order valence-corrected chi connectivity index (χ3v) is 4.38. The smallest absolute Gasteiger partial charge is 0.311 e. The van der Waals surface area contributed by atoms with Gasteiger partial charge in [0.2, 0.25) is 12.2 Å². The molecule has 2 rings (SSSR count). The second kappa shape index (κ2) is 11.2. The summed E-state index contributed by atoms with van der Waals surface area (Å²) in [5, 5.41) is 13.9. The van der Waals surface area contributed by atoms with E-state index in [1.54, 1.807) is 0 Å². The van der Waals surface area contributed by atoms with Crippen LogP contribution in [0.1, 0.15) is 27.7 Å². The first kappa shape index (κ1) is 25.5. The molecule has 1 N–H and O–H groups in total. The fourth-order valence-corrected chi connectivity index (χ4v) is 3.22. The zero-order valence-corrected chi connectivity index (χ0v) is 18.3.